The summed E-state index contributed by atoms with van der Waals surface area (Å²) in [5.74, 6) is -1.49. The van der Waals surface area contributed by atoms with E-state index in [4.69, 9.17) is 5.11 Å². The second-order valence-corrected chi connectivity index (χ2v) is 3.43. The first-order valence-corrected chi connectivity index (χ1v) is 5.07. The number of carbonyl (C=O) groups excluding carboxylic acids is 1. The van der Waals surface area contributed by atoms with Gasteiger partial charge in [-0.05, 0) is 18.2 Å². The summed E-state index contributed by atoms with van der Waals surface area (Å²) in [6, 6.07) is 5.97. The van der Waals surface area contributed by atoms with Crippen LogP contribution in [0.5, 0.6) is 0 Å². The first kappa shape index (κ1) is 11.7. The molecule has 1 amide bonds. The number of hydrogen-bond acceptors (Lipinski definition) is 4. The quantitative estimate of drug-likeness (QED) is 0.850. The molecule has 0 spiro atoms. The Morgan fingerprint density at radius 3 is 2.72 bits per heavy atom. The number of anilines is 1. The van der Waals surface area contributed by atoms with Crippen LogP contribution in [-0.2, 0) is 0 Å². The van der Waals surface area contributed by atoms with E-state index < -0.39 is 11.9 Å². The smallest absolute Gasteiger partial charge is 0.335 e. The van der Waals surface area contributed by atoms with Gasteiger partial charge in [-0.15, -0.1) is 0 Å². The zero-order valence-electron chi connectivity index (χ0n) is 9.20. The first-order chi connectivity index (χ1) is 8.66. The molecule has 0 radical (unpaired) electrons. The number of aromatic carboxylic acids is 1. The highest BCUT2D eigenvalue weighted by atomic mass is 16.4. The number of benzene rings is 1. The van der Waals surface area contributed by atoms with Crippen LogP contribution < -0.4 is 5.32 Å². The third-order valence-electron chi connectivity index (χ3n) is 2.16. The molecule has 2 N–H and O–H groups in total. The van der Waals surface area contributed by atoms with Gasteiger partial charge in [0.2, 0.25) is 0 Å². The maximum Gasteiger partial charge on any atom is 0.335 e. The summed E-state index contributed by atoms with van der Waals surface area (Å²) in [6.07, 6.45) is 4.20. The first-order valence-electron chi connectivity index (χ1n) is 5.07. The van der Waals surface area contributed by atoms with Crippen molar-refractivity contribution in [3.63, 3.8) is 0 Å². The SMILES string of the molecule is O=C(O)c1cccc(NC(=O)c2cnccn2)c1. The molecule has 1 aromatic heterocycles. The van der Waals surface area contributed by atoms with E-state index in [0.29, 0.717) is 5.69 Å². The summed E-state index contributed by atoms with van der Waals surface area (Å²) in [6.45, 7) is 0. The van der Waals surface area contributed by atoms with Gasteiger partial charge >= 0.3 is 5.97 Å². The molecular weight excluding hydrogens is 234 g/mol. The second-order valence-electron chi connectivity index (χ2n) is 3.43. The topological polar surface area (TPSA) is 92.2 Å². The Kier molecular flexibility index (Phi) is 3.29. The number of rotatable bonds is 3. The van der Waals surface area contributed by atoms with Gasteiger partial charge in [0.1, 0.15) is 5.69 Å². The molecule has 0 saturated heterocycles. The number of carboxylic acid groups (broad SMARTS) is 1. The molecule has 6 heteroatoms. The highest BCUT2D eigenvalue weighted by Gasteiger charge is 2.09. The number of nitrogens with zero attached hydrogens (tertiary/aromatic N) is 2. The molecule has 0 atom stereocenters. The molecule has 0 fully saturated rings. The van der Waals surface area contributed by atoms with Crippen LogP contribution in [0.4, 0.5) is 5.69 Å². The van der Waals surface area contributed by atoms with Crippen molar-refractivity contribution in [1.82, 2.24) is 9.97 Å². The van der Waals surface area contributed by atoms with Crippen molar-refractivity contribution in [3.05, 3.63) is 54.1 Å². The minimum Gasteiger partial charge on any atom is -0.478 e. The van der Waals surface area contributed by atoms with Crippen molar-refractivity contribution >= 4 is 17.6 Å². The Morgan fingerprint density at radius 2 is 2.06 bits per heavy atom. The Morgan fingerprint density at radius 1 is 1.22 bits per heavy atom. The van der Waals surface area contributed by atoms with Crippen LogP contribution >= 0.6 is 0 Å². The third-order valence-corrected chi connectivity index (χ3v) is 2.16. The molecule has 0 unspecified atom stereocenters. The van der Waals surface area contributed by atoms with Gasteiger partial charge in [0.15, 0.2) is 0 Å². The van der Waals surface area contributed by atoms with Crippen LogP contribution in [0.1, 0.15) is 20.8 Å². The van der Waals surface area contributed by atoms with Gasteiger partial charge in [-0.1, -0.05) is 6.07 Å². The largest absolute Gasteiger partial charge is 0.478 e. The second kappa shape index (κ2) is 5.05. The monoisotopic (exact) mass is 243 g/mol. The van der Waals surface area contributed by atoms with E-state index in [0.717, 1.165) is 0 Å². The summed E-state index contributed by atoms with van der Waals surface area (Å²) in [5, 5.41) is 11.4. The van der Waals surface area contributed by atoms with Crippen molar-refractivity contribution in [2.75, 3.05) is 5.32 Å². The fourth-order valence-corrected chi connectivity index (χ4v) is 1.34. The van der Waals surface area contributed by atoms with E-state index in [1.807, 2.05) is 0 Å². The number of hydrogen-bond donors (Lipinski definition) is 2. The number of amides is 1. The summed E-state index contributed by atoms with van der Waals surface area (Å²) in [5.41, 5.74) is 0.663. The molecule has 2 aromatic rings. The number of carboxylic acids is 1. The Hall–Kier alpha value is -2.76. The highest BCUT2D eigenvalue weighted by Crippen LogP contribution is 2.11. The van der Waals surface area contributed by atoms with E-state index in [2.05, 4.69) is 15.3 Å². The molecule has 90 valence electrons. The Balaban J connectivity index is 2.17. The molecule has 1 heterocycles. The van der Waals surface area contributed by atoms with Gasteiger partial charge in [0.05, 0.1) is 11.8 Å². The number of nitrogens with one attached hydrogen (secondary N) is 1. The van der Waals surface area contributed by atoms with Crippen molar-refractivity contribution in [2.24, 2.45) is 0 Å². The zero-order chi connectivity index (χ0) is 13.0. The maximum atomic E-state index is 11.7. The van der Waals surface area contributed by atoms with Crippen LogP contribution in [-0.4, -0.2) is 27.0 Å². The summed E-state index contributed by atoms with van der Waals surface area (Å²) >= 11 is 0. The normalized spacial score (nSPS) is 9.78. The predicted molar refractivity (Wildman–Crippen MR) is 63.4 cm³/mol. The molecule has 1 aromatic carbocycles. The molecule has 0 saturated carbocycles. The maximum absolute atomic E-state index is 11.7. The lowest BCUT2D eigenvalue weighted by molar-refractivity contribution is 0.0696. The average molecular weight is 243 g/mol. The lowest BCUT2D eigenvalue weighted by Gasteiger charge is -2.04. The lowest BCUT2D eigenvalue weighted by Crippen LogP contribution is -2.14. The molecule has 0 aliphatic heterocycles. The van der Waals surface area contributed by atoms with E-state index in [1.54, 1.807) is 12.1 Å². The minimum absolute atomic E-state index is 0.104. The van der Waals surface area contributed by atoms with E-state index in [-0.39, 0.29) is 11.3 Å². The minimum atomic E-state index is -1.05. The van der Waals surface area contributed by atoms with Gasteiger partial charge in [0, 0.05) is 18.1 Å². The Bertz CT molecular complexity index is 584. The zero-order valence-corrected chi connectivity index (χ0v) is 9.20. The molecule has 0 bridgehead atoms. The molecule has 0 aliphatic carbocycles. The summed E-state index contributed by atoms with van der Waals surface area (Å²) in [4.78, 5) is 30.1. The molecule has 2 rings (SSSR count). The van der Waals surface area contributed by atoms with E-state index >= 15 is 0 Å². The van der Waals surface area contributed by atoms with E-state index in [9.17, 15) is 9.59 Å². The lowest BCUT2D eigenvalue weighted by atomic mass is 10.2. The van der Waals surface area contributed by atoms with Crippen LogP contribution in [0.15, 0.2) is 42.9 Å². The molecular formula is C12H9N3O3. The number of aromatic nitrogens is 2. The standard InChI is InChI=1S/C12H9N3O3/c16-11(10-7-13-4-5-14-10)15-9-3-1-2-8(6-9)12(17)18/h1-7H,(H,15,16)(H,17,18). The van der Waals surface area contributed by atoms with Crippen LogP contribution in [0.3, 0.4) is 0 Å². The third kappa shape index (κ3) is 2.67. The molecule has 6 nitrogen and oxygen atoms in total. The summed E-state index contributed by atoms with van der Waals surface area (Å²) in [7, 11) is 0. The van der Waals surface area contributed by atoms with Crippen molar-refractivity contribution in [2.45, 2.75) is 0 Å². The van der Waals surface area contributed by atoms with Crippen molar-refractivity contribution in [1.29, 1.82) is 0 Å². The molecule has 18 heavy (non-hydrogen) atoms. The van der Waals surface area contributed by atoms with Gasteiger partial charge < -0.3 is 10.4 Å². The van der Waals surface area contributed by atoms with Crippen LogP contribution in [0.2, 0.25) is 0 Å². The summed E-state index contributed by atoms with van der Waals surface area (Å²) < 4.78 is 0. The fourth-order valence-electron chi connectivity index (χ4n) is 1.34. The fraction of sp³-hybridized carbons (Fsp3) is 0. The predicted octanol–water partition coefficient (Wildman–Crippen LogP) is 1.43. The van der Waals surface area contributed by atoms with Gasteiger partial charge in [0.25, 0.3) is 5.91 Å². The van der Waals surface area contributed by atoms with Gasteiger partial charge in [-0.3, -0.25) is 9.78 Å². The highest BCUT2D eigenvalue weighted by molar-refractivity contribution is 6.03. The van der Waals surface area contributed by atoms with Crippen LogP contribution in [0.25, 0.3) is 0 Å². The Labute approximate surface area is 102 Å². The van der Waals surface area contributed by atoms with Gasteiger partial charge in [-0.2, -0.15) is 0 Å². The van der Waals surface area contributed by atoms with Crippen molar-refractivity contribution < 1.29 is 14.7 Å². The van der Waals surface area contributed by atoms with Gasteiger partial charge in [-0.25, -0.2) is 9.78 Å². The van der Waals surface area contributed by atoms with Crippen LogP contribution in [0, 0.1) is 0 Å². The van der Waals surface area contributed by atoms with E-state index in [1.165, 1.54) is 30.7 Å². The molecule has 0 aliphatic rings. The average Bonchev–Trinajstić information content (AvgIpc) is 2.40. The number of carbonyl (C=O) groups is 2. The van der Waals surface area contributed by atoms with Crippen molar-refractivity contribution in [3.8, 4) is 0 Å².